The molecule has 0 radical (unpaired) electrons. The maximum Gasteiger partial charge on any atom is 0.432 e. The van der Waals surface area contributed by atoms with Crippen molar-refractivity contribution in [1.82, 2.24) is 25.1 Å². The molecule has 0 unspecified atom stereocenters. The van der Waals surface area contributed by atoms with E-state index in [9.17, 15) is 9.59 Å². The third kappa shape index (κ3) is 3.57. The van der Waals surface area contributed by atoms with E-state index in [0.717, 1.165) is 11.3 Å². The standard InChI is InChI=1S/C19H15FN6O3S/c1-2-21-17(27)25-18-24-15-14(20)11(10-8-23-26(9-10)19(28)29)7-12(16(15)30-18)13-5-3-4-6-22-13/h3-9H,2H2,1H3,(H,28,29)(H2,21,24,25,27). The predicted molar refractivity (Wildman–Crippen MR) is 110 cm³/mol. The summed E-state index contributed by atoms with van der Waals surface area (Å²) in [6.45, 7) is 2.21. The largest absolute Gasteiger partial charge is 0.463 e. The predicted octanol–water partition coefficient (Wildman–Crippen LogP) is 4.03. The maximum atomic E-state index is 15.4. The number of benzene rings is 1. The van der Waals surface area contributed by atoms with Gasteiger partial charge in [0.1, 0.15) is 5.52 Å². The topological polar surface area (TPSA) is 122 Å². The van der Waals surface area contributed by atoms with Crippen LogP contribution in [0, 0.1) is 5.82 Å². The molecule has 30 heavy (non-hydrogen) atoms. The lowest BCUT2D eigenvalue weighted by atomic mass is 10.0. The third-order valence-corrected chi connectivity index (χ3v) is 5.20. The van der Waals surface area contributed by atoms with Crippen LogP contribution in [0.1, 0.15) is 6.92 Å². The Hall–Kier alpha value is -3.86. The first-order valence-electron chi connectivity index (χ1n) is 8.85. The van der Waals surface area contributed by atoms with Crippen molar-refractivity contribution in [2.75, 3.05) is 11.9 Å². The fourth-order valence-corrected chi connectivity index (χ4v) is 3.88. The minimum atomic E-state index is -1.28. The van der Waals surface area contributed by atoms with Gasteiger partial charge in [-0.25, -0.2) is 19.0 Å². The number of urea groups is 1. The number of nitrogens with one attached hydrogen (secondary N) is 2. The van der Waals surface area contributed by atoms with Crippen LogP contribution in [0.5, 0.6) is 0 Å². The number of thiazole rings is 1. The van der Waals surface area contributed by atoms with Gasteiger partial charge >= 0.3 is 12.1 Å². The summed E-state index contributed by atoms with van der Waals surface area (Å²) in [5.74, 6) is -0.644. The number of halogens is 1. The number of hydrogen-bond acceptors (Lipinski definition) is 6. The summed E-state index contributed by atoms with van der Waals surface area (Å²) >= 11 is 1.12. The van der Waals surface area contributed by atoms with Gasteiger partial charge in [-0.15, -0.1) is 0 Å². The van der Waals surface area contributed by atoms with Crippen LogP contribution in [0.4, 0.5) is 19.1 Å². The second-order valence-electron chi connectivity index (χ2n) is 6.14. The molecule has 0 fully saturated rings. The molecule has 0 aliphatic rings. The highest BCUT2D eigenvalue weighted by molar-refractivity contribution is 7.22. The van der Waals surface area contributed by atoms with Crippen molar-refractivity contribution in [1.29, 1.82) is 0 Å². The van der Waals surface area contributed by atoms with Gasteiger partial charge < -0.3 is 10.4 Å². The fraction of sp³-hybridized carbons (Fsp3) is 0.105. The highest BCUT2D eigenvalue weighted by Crippen LogP contribution is 2.40. The summed E-state index contributed by atoms with van der Waals surface area (Å²) in [5.41, 5.74) is 1.65. The molecule has 11 heteroatoms. The smallest absolute Gasteiger partial charge is 0.432 e. The fourth-order valence-electron chi connectivity index (χ4n) is 2.90. The van der Waals surface area contributed by atoms with Crippen molar-refractivity contribution in [2.24, 2.45) is 0 Å². The van der Waals surface area contributed by atoms with Crippen LogP contribution >= 0.6 is 11.3 Å². The zero-order chi connectivity index (χ0) is 21.3. The van der Waals surface area contributed by atoms with E-state index in [4.69, 9.17) is 5.11 Å². The number of carboxylic acid groups (broad SMARTS) is 1. The van der Waals surface area contributed by atoms with Crippen molar-refractivity contribution < 1.29 is 19.1 Å². The Bertz CT molecular complexity index is 1250. The van der Waals surface area contributed by atoms with E-state index in [1.54, 1.807) is 37.4 Å². The van der Waals surface area contributed by atoms with Gasteiger partial charge in [0.2, 0.25) is 0 Å². The molecule has 152 valence electrons. The molecular formula is C19H15FN6O3S. The summed E-state index contributed by atoms with van der Waals surface area (Å²) < 4.78 is 16.6. The first-order chi connectivity index (χ1) is 14.5. The zero-order valence-corrected chi connectivity index (χ0v) is 16.4. The molecule has 0 saturated heterocycles. The number of amides is 2. The van der Waals surface area contributed by atoms with E-state index >= 15 is 4.39 Å². The van der Waals surface area contributed by atoms with Gasteiger partial charge in [-0.05, 0) is 25.1 Å². The van der Waals surface area contributed by atoms with Gasteiger partial charge in [0, 0.05) is 35.6 Å². The average Bonchev–Trinajstić information content (AvgIpc) is 3.37. The SMILES string of the molecule is CCNC(=O)Nc1nc2c(F)c(-c3cnn(C(=O)O)c3)cc(-c3ccccn3)c2s1. The van der Waals surface area contributed by atoms with Gasteiger partial charge in [-0.1, -0.05) is 17.4 Å². The number of carbonyl (C=O) groups is 2. The molecule has 0 bridgehead atoms. The van der Waals surface area contributed by atoms with Crippen LogP contribution < -0.4 is 10.6 Å². The monoisotopic (exact) mass is 426 g/mol. The molecular weight excluding hydrogens is 411 g/mol. The van der Waals surface area contributed by atoms with E-state index in [1.165, 1.54) is 12.4 Å². The van der Waals surface area contributed by atoms with Gasteiger partial charge in [0.15, 0.2) is 10.9 Å². The molecule has 0 aliphatic carbocycles. The van der Waals surface area contributed by atoms with Crippen molar-refractivity contribution in [3.63, 3.8) is 0 Å². The molecule has 0 atom stereocenters. The van der Waals surface area contributed by atoms with Crippen LogP contribution in [-0.2, 0) is 0 Å². The van der Waals surface area contributed by atoms with Crippen molar-refractivity contribution in [3.8, 4) is 22.4 Å². The summed E-state index contributed by atoms with van der Waals surface area (Å²) in [7, 11) is 0. The number of aromatic nitrogens is 4. The summed E-state index contributed by atoms with van der Waals surface area (Å²) in [6.07, 6.45) is 2.81. The maximum absolute atomic E-state index is 15.4. The van der Waals surface area contributed by atoms with Crippen LogP contribution in [-0.4, -0.2) is 43.5 Å². The normalized spacial score (nSPS) is 10.9. The summed E-state index contributed by atoms with van der Waals surface area (Å²) in [5, 5.41) is 18.2. The van der Waals surface area contributed by atoms with E-state index in [2.05, 4.69) is 25.7 Å². The lowest BCUT2D eigenvalue weighted by Crippen LogP contribution is -2.28. The number of fused-ring (bicyclic) bond motifs is 1. The molecule has 1 aromatic carbocycles. The Morgan fingerprint density at radius 2 is 2.13 bits per heavy atom. The minimum absolute atomic E-state index is 0.0491. The summed E-state index contributed by atoms with van der Waals surface area (Å²) in [6, 6.07) is 6.47. The number of pyridine rings is 1. The number of anilines is 1. The van der Waals surface area contributed by atoms with Gasteiger partial charge in [-0.2, -0.15) is 9.78 Å². The lowest BCUT2D eigenvalue weighted by molar-refractivity contribution is 0.192. The Balaban J connectivity index is 1.91. The molecule has 0 spiro atoms. The second kappa shape index (κ2) is 7.87. The van der Waals surface area contributed by atoms with Crippen LogP contribution in [0.3, 0.4) is 0 Å². The van der Waals surface area contributed by atoms with E-state index < -0.39 is 17.9 Å². The Labute approximate surface area is 173 Å². The van der Waals surface area contributed by atoms with Crippen molar-refractivity contribution >= 4 is 38.8 Å². The Morgan fingerprint density at radius 3 is 2.80 bits per heavy atom. The quantitative estimate of drug-likeness (QED) is 0.453. The molecule has 3 N–H and O–H groups in total. The van der Waals surface area contributed by atoms with Gasteiger partial charge in [0.25, 0.3) is 0 Å². The average molecular weight is 426 g/mol. The molecule has 2 amide bonds. The van der Waals surface area contributed by atoms with Crippen LogP contribution in [0.25, 0.3) is 32.6 Å². The Kier molecular flexibility index (Phi) is 5.11. The van der Waals surface area contributed by atoms with Crippen LogP contribution in [0.15, 0.2) is 42.9 Å². The minimum Gasteiger partial charge on any atom is -0.463 e. The van der Waals surface area contributed by atoms with Crippen molar-refractivity contribution in [2.45, 2.75) is 6.92 Å². The molecule has 9 nitrogen and oxygen atoms in total. The summed E-state index contributed by atoms with van der Waals surface area (Å²) in [4.78, 5) is 31.6. The van der Waals surface area contributed by atoms with Crippen molar-refractivity contribution in [3.05, 3.63) is 48.7 Å². The molecule has 4 rings (SSSR count). The van der Waals surface area contributed by atoms with E-state index in [0.29, 0.717) is 27.2 Å². The van der Waals surface area contributed by atoms with E-state index in [1.807, 2.05) is 0 Å². The molecule has 0 saturated carbocycles. The highest BCUT2D eigenvalue weighted by Gasteiger charge is 2.21. The van der Waals surface area contributed by atoms with Gasteiger partial charge in [0.05, 0.1) is 16.6 Å². The number of rotatable bonds is 4. The zero-order valence-electron chi connectivity index (χ0n) is 15.6. The van der Waals surface area contributed by atoms with Gasteiger partial charge in [-0.3, -0.25) is 10.3 Å². The molecule has 4 aromatic rings. The number of carbonyl (C=O) groups excluding carboxylic acids is 1. The van der Waals surface area contributed by atoms with E-state index in [-0.39, 0.29) is 21.8 Å². The highest BCUT2D eigenvalue weighted by atomic mass is 32.1. The number of nitrogens with zero attached hydrogens (tertiary/aromatic N) is 4. The number of hydrogen-bond donors (Lipinski definition) is 3. The molecule has 3 aromatic heterocycles. The van der Waals surface area contributed by atoms with Crippen LogP contribution in [0.2, 0.25) is 0 Å². The lowest BCUT2D eigenvalue weighted by Gasteiger charge is -2.07. The second-order valence-corrected chi connectivity index (χ2v) is 7.14. The third-order valence-electron chi connectivity index (χ3n) is 4.19. The molecule has 0 aliphatic heterocycles. The first-order valence-corrected chi connectivity index (χ1v) is 9.67. The Morgan fingerprint density at radius 1 is 1.30 bits per heavy atom. The molecule has 3 heterocycles. The first kappa shape index (κ1) is 19.5.